The average molecular weight is 811 g/mol. The molecule has 2 aliphatic carbocycles. The van der Waals surface area contributed by atoms with E-state index < -0.39 is 24.9 Å². The van der Waals surface area contributed by atoms with Crippen LogP contribution in [-0.4, -0.2) is 36.3 Å². The Balaban J connectivity index is 0.000000255. The molecule has 0 N–H and O–H groups in total. The molecule has 251 valence electrons. The Hall–Kier alpha value is -1.20. The number of dihydropyridines is 1. The van der Waals surface area contributed by atoms with Gasteiger partial charge in [-0.1, -0.05) is 91.2 Å². The van der Waals surface area contributed by atoms with E-state index in [1.54, 1.807) is 6.08 Å². The minimum atomic E-state index is -2.23. The molecule has 7 rings (SSSR count). The fourth-order valence-corrected chi connectivity index (χ4v) is 8.92. The molecule has 1 radical (unpaired) electrons. The number of aliphatic imine (C=N–C) groups is 1. The summed E-state index contributed by atoms with van der Waals surface area (Å²) in [5, 5.41) is 9.92. The number of fused-ring (bicyclic) bond motifs is 3. The molecule has 0 aromatic carbocycles. The molecule has 5 heterocycles. The van der Waals surface area contributed by atoms with Crippen LogP contribution in [-0.2, 0) is 24.8 Å². The van der Waals surface area contributed by atoms with Crippen molar-refractivity contribution in [1.29, 1.82) is 0 Å². The molecule has 0 aromatic heterocycles. The summed E-state index contributed by atoms with van der Waals surface area (Å²) in [7, 11) is 0. The number of hydrogen-bond donors (Lipinski definition) is 0. The molecule has 1 saturated heterocycles. The first-order valence-electron chi connectivity index (χ1n) is 19.5. The summed E-state index contributed by atoms with van der Waals surface area (Å²) in [6.07, 6.45) is 16.3. The molecule has 4 nitrogen and oxygen atoms in total. The van der Waals surface area contributed by atoms with Crippen molar-refractivity contribution in [2.24, 2.45) is 45.9 Å². The van der Waals surface area contributed by atoms with E-state index in [0.717, 1.165) is 49.5 Å². The molecule has 0 aromatic rings. The fourth-order valence-electron chi connectivity index (χ4n) is 7.50. The number of thioether (sulfide) groups is 1. The van der Waals surface area contributed by atoms with E-state index in [9.17, 15) is 0 Å². The Morgan fingerprint density at radius 2 is 2.04 bits per heavy atom. The first-order chi connectivity index (χ1) is 23.0. The van der Waals surface area contributed by atoms with E-state index in [4.69, 9.17) is 16.9 Å². The Kier molecular flexibility index (Phi) is 9.28. The van der Waals surface area contributed by atoms with Crippen LogP contribution in [0.5, 0.6) is 0 Å². The predicted molar refractivity (Wildman–Crippen MR) is 187 cm³/mol. The van der Waals surface area contributed by atoms with Crippen LogP contribution in [0, 0.1) is 53.4 Å². The summed E-state index contributed by atoms with van der Waals surface area (Å²) in [5.74, 6) is 3.30. The average Bonchev–Trinajstić information content (AvgIpc) is 3.58. The maximum Gasteiger partial charge on any atom is 0.175 e. The molecular weight excluding hydrogens is 751 g/mol. The van der Waals surface area contributed by atoms with Crippen LogP contribution in [0.2, 0.25) is 0 Å². The zero-order chi connectivity index (χ0) is 35.5. The number of allylic oxidation sites excluding steroid dienone is 5. The second kappa shape index (κ2) is 14.5. The first-order valence-corrected chi connectivity index (χ1v) is 17.9. The Morgan fingerprint density at radius 3 is 2.76 bits per heavy atom. The SMILES string of the molecule is C[C@H]1C[C-]=C(C2=C[C@H](C)[C@H](C)C[N-]2)CC1.[2H]C([2H])([2H])C1=NC2OC3=C([C@H]4CC5=C(C[N-]4)[C@H](C([2H])([2H])C(C)(C)C)[C@H](C)S5)[CH-]CCC3C2C=C1.[Ir]. The van der Waals surface area contributed by atoms with E-state index in [0.29, 0.717) is 18.4 Å². The van der Waals surface area contributed by atoms with Crippen molar-refractivity contribution in [2.75, 3.05) is 13.1 Å². The number of ether oxygens (including phenoxy) is 1. The Bertz CT molecular complexity index is 1470. The van der Waals surface area contributed by atoms with Crippen molar-refractivity contribution in [3.63, 3.8) is 0 Å². The van der Waals surface area contributed by atoms with E-state index >= 15 is 0 Å². The van der Waals surface area contributed by atoms with Gasteiger partial charge < -0.3 is 21.1 Å². The van der Waals surface area contributed by atoms with E-state index in [1.165, 1.54) is 34.6 Å². The maximum atomic E-state index is 8.91. The molecule has 0 bridgehead atoms. The Labute approximate surface area is 299 Å². The molecule has 9 atom stereocenters. The largest absolute Gasteiger partial charge is 0.769 e. The fraction of sp³-hybridized carbons (Fsp3) is 0.692. The van der Waals surface area contributed by atoms with Gasteiger partial charge in [0.2, 0.25) is 0 Å². The molecule has 1 fully saturated rings. The van der Waals surface area contributed by atoms with Crippen molar-refractivity contribution in [2.45, 2.75) is 118 Å². The van der Waals surface area contributed by atoms with Crippen molar-refractivity contribution in [3.8, 4) is 0 Å². The number of rotatable bonds is 3. The number of hydrogen-bond acceptors (Lipinski definition) is 3. The van der Waals surface area contributed by atoms with E-state index in [1.807, 2.05) is 38.6 Å². The van der Waals surface area contributed by atoms with Crippen LogP contribution in [0.1, 0.15) is 107 Å². The second-order valence-electron chi connectivity index (χ2n) is 15.1. The topological polar surface area (TPSA) is 49.8 Å². The van der Waals surface area contributed by atoms with Gasteiger partial charge in [0, 0.05) is 43.8 Å². The third-order valence-electron chi connectivity index (χ3n) is 10.3. The molecule has 45 heavy (non-hydrogen) atoms. The van der Waals surface area contributed by atoms with Crippen LogP contribution in [0.25, 0.3) is 10.6 Å². The molecule has 0 amide bonds. The zero-order valence-corrected chi connectivity index (χ0v) is 31.4. The molecule has 3 unspecified atom stereocenters. The minimum Gasteiger partial charge on any atom is -0.769 e. The predicted octanol–water partition coefficient (Wildman–Crippen LogP) is 10.5. The monoisotopic (exact) mass is 811 g/mol. The van der Waals surface area contributed by atoms with Crippen LogP contribution in [0.3, 0.4) is 0 Å². The van der Waals surface area contributed by atoms with Crippen molar-refractivity contribution in [3.05, 3.63) is 74.4 Å². The van der Waals surface area contributed by atoms with Gasteiger partial charge in [-0.15, -0.1) is 43.7 Å². The molecule has 7 aliphatic rings. The summed E-state index contributed by atoms with van der Waals surface area (Å²) >= 11 is 1.82. The van der Waals surface area contributed by atoms with E-state index in [2.05, 4.69) is 56.6 Å². The van der Waals surface area contributed by atoms with Crippen LogP contribution in [0.15, 0.2) is 56.3 Å². The molecule has 0 saturated carbocycles. The summed E-state index contributed by atoms with van der Waals surface area (Å²) in [5.41, 5.74) is 4.61. The molecule has 5 aliphatic heterocycles. The summed E-state index contributed by atoms with van der Waals surface area (Å²) < 4.78 is 47.2. The van der Waals surface area contributed by atoms with Gasteiger partial charge in [-0.2, -0.15) is 11.6 Å². The summed E-state index contributed by atoms with van der Waals surface area (Å²) in [4.78, 5) is 5.75. The van der Waals surface area contributed by atoms with E-state index in [-0.39, 0.29) is 54.9 Å². The molecular formula is C39H55IrN3OS-4. The van der Waals surface area contributed by atoms with Gasteiger partial charge >= 0.3 is 0 Å². The van der Waals surface area contributed by atoms with Crippen LogP contribution in [0.4, 0.5) is 0 Å². The van der Waals surface area contributed by atoms with Crippen molar-refractivity contribution >= 4 is 17.5 Å². The second-order valence-corrected chi connectivity index (χ2v) is 16.6. The maximum absolute atomic E-state index is 8.91. The van der Waals surface area contributed by atoms with Crippen molar-refractivity contribution in [1.82, 2.24) is 0 Å². The van der Waals surface area contributed by atoms with Crippen LogP contribution >= 0.6 is 11.8 Å². The standard InChI is InChI=1S/C25H34N2OS.C14H21N.Ir/c1-14-9-10-17-16-7-6-8-18(23(16)28-24(17)27-14)21-11-22-20(13-26-21)19(15(2)29-22)12-25(3,4)5;1-10-4-6-13(7-5-10)14-8-11(2)12(3)9-15-14;/h8-10,15-17,19,21,24H,6-7,11-13H2,1-5H3;8,10-12H,4-6,9H2,1-3H3;/q2*-2;/t15-,16?,17?,19+,21+,24?;10-,11+,12-;/m01./s1/i1D3,12D2;;. The Morgan fingerprint density at radius 1 is 1.22 bits per heavy atom. The first kappa shape index (κ1) is 28.8. The van der Waals surface area contributed by atoms with Gasteiger partial charge in [-0.3, -0.25) is 6.08 Å². The third kappa shape index (κ3) is 7.93. The summed E-state index contributed by atoms with van der Waals surface area (Å²) in [6.45, 7) is 14.3. The molecule has 0 spiro atoms. The van der Waals surface area contributed by atoms with Gasteiger partial charge in [-0.25, -0.2) is 17.0 Å². The normalized spacial score (nSPS) is 39.5. The van der Waals surface area contributed by atoms with Gasteiger partial charge in [0.1, 0.15) is 0 Å². The quantitative estimate of drug-likeness (QED) is 0.267. The van der Waals surface area contributed by atoms with Gasteiger partial charge in [-0.05, 0) is 59.6 Å². The smallest absolute Gasteiger partial charge is 0.175 e. The zero-order valence-electron chi connectivity index (χ0n) is 33.2. The number of nitrogens with zero attached hydrogens (tertiary/aromatic N) is 3. The van der Waals surface area contributed by atoms with Gasteiger partial charge in [0.15, 0.2) is 6.23 Å². The van der Waals surface area contributed by atoms with Gasteiger partial charge in [0.25, 0.3) is 0 Å². The minimum absolute atomic E-state index is 0. The molecule has 6 heteroatoms. The van der Waals surface area contributed by atoms with Crippen molar-refractivity contribution < 1.29 is 31.7 Å². The van der Waals surface area contributed by atoms with Crippen LogP contribution < -0.4 is 0 Å². The summed E-state index contributed by atoms with van der Waals surface area (Å²) in [6, 6.07) is 0.00528. The third-order valence-corrected chi connectivity index (χ3v) is 11.7. The van der Waals surface area contributed by atoms with Gasteiger partial charge in [0.05, 0.1) is 0 Å².